The maximum Gasteiger partial charge on any atom is 0.162 e. The topological polar surface area (TPSA) is 34.1 Å². The SMILES string of the molecule is CC(=O)c1c(Br)cc(C2(c3cc(Br)c(C(C)=O)c(Br)c3)c3ccccc3-c3ccccc32)cc1Br. The summed E-state index contributed by atoms with van der Waals surface area (Å²) in [6, 6.07) is 25.0. The largest absolute Gasteiger partial charge is 0.294 e. The van der Waals surface area contributed by atoms with Crippen LogP contribution in [0.4, 0.5) is 0 Å². The normalized spacial score (nSPS) is 13.3. The highest BCUT2D eigenvalue weighted by atomic mass is 79.9. The standard InChI is InChI=1S/C29H18Br4O2/c1-15(34)27-23(30)11-17(12-24(27)31)29(18-13-25(32)28(16(2)35)26(33)14-18)21-9-5-3-7-19(21)20-8-4-6-10-22(20)29/h3-14H,1-2H3. The van der Waals surface area contributed by atoms with Crippen molar-refractivity contribution in [3.05, 3.63) is 124 Å². The lowest BCUT2D eigenvalue weighted by Gasteiger charge is -2.35. The van der Waals surface area contributed by atoms with Gasteiger partial charge in [-0.1, -0.05) is 48.5 Å². The first-order valence-electron chi connectivity index (χ1n) is 10.9. The maximum absolute atomic E-state index is 12.4. The molecular formula is C29H18Br4O2. The Kier molecular flexibility index (Phi) is 6.54. The molecule has 0 saturated carbocycles. The third-order valence-electron chi connectivity index (χ3n) is 6.61. The number of rotatable bonds is 4. The van der Waals surface area contributed by atoms with Crippen LogP contribution < -0.4 is 0 Å². The van der Waals surface area contributed by atoms with Crippen molar-refractivity contribution < 1.29 is 9.59 Å². The van der Waals surface area contributed by atoms with E-state index in [0.29, 0.717) is 11.1 Å². The molecule has 0 aliphatic heterocycles. The van der Waals surface area contributed by atoms with Gasteiger partial charge in [0.2, 0.25) is 0 Å². The fraction of sp³-hybridized carbons (Fsp3) is 0.103. The molecule has 35 heavy (non-hydrogen) atoms. The highest BCUT2D eigenvalue weighted by Crippen LogP contribution is 2.57. The Morgan fingerprint density at radius 1 is 0.571 bits per heavy atom. The molecule has 0 radical (unpaired) electrons. The predicted molar refractivity (Wildman–Crippen MR) is 155 cm³/mol. The molecule has 4 aromatic rings. The number of hydrogen-bond donors (Lipinski definition) is 0. The van der Waals surface area contributed by atoms with Crippen molar-refractivity contribution in [2.45, 2.75) is 19.3 Å². The van der Waals surface area contributed by atoms with Gasteiger partial charge in [-0.15, -0.1) is 0 Å². The van der Waals surface area contributed by atoms with E-state index in [1.165, 1.54) is 0 Å². The number of ketones is 2. The molecule has 0 bridgehead atoms. The Hall–Kier alpha value is -1.86. The van der Waals surface area contributed by atoms with Gasteiger partial charge in [-0.05, 0) is 135 Å². The van der Waals surface area contributed by atoms with E-state index in [0.717, 1.165) is 51.3 Å². The second-order valence-electron chi connectivity index (χ2n) is 8.58. The van der Waals surface area contributed by atoms with Crippen LogP contribution in [-0.4, -0.2) is 11.6 Å². The molecule has 0 aromatic heterocycles. The van der Waals surface area contributed by atoms with E-state index in [4.69, 9.17) is 0 Å². The third-order valence-corrected chi connectivity index (χ3v) is 9.11. The minimum Gasteiger partial charge on any atom is -0.294 e. The summed E-state index contributed by atoms with van der Waals surface area (Å²) in [6.07, 6.45) is 0. The zero-order valence-electron chi connectivity index (χ0n) is 18.8. The number of halogens is 4. The number of carbonyl (C=O) groups excluding carboxylic acids is 2. The molecule has 2 nitrogen and oxygen atoms in total. The number of benzene rings is 4. The first-order valence-corrected chi connectivity index (χ1v) is 14.1. The summed E-state index contributed by atoms with van der Waals surface area (Å²) in [5.74, 6) is -0.0410. The summed E-state index contributed by atoms with van der Waals surface area (Å²) < 4.78 is 2.92. The first kappa shape index (κ1) is 24.8. The fourth-order valence-electron chi connectivity index (χ4n) is 5.28. The Morgan fingerprint density at radius 3 is 1.20 bits per heavy atom. The smallest absolute Gasteiger partial charge is 0.162 e. The lowest BCUT2D eigenvalue weighted by atomic mass is 9.67. The quantitative estimate of drug-likeness (QED) is 0.174. The van der Waals surface area contributed by atoms with Crippen molar-refractivity contribution in [1.29, 1.82) is 0 Å². The highest BCUT2D eigenvalue weighted by Gasteiger charge is 2.47. The van der Waals surface area contributed by atoms with E-state index in [9.17, 15) is 9.59 Å². The Bertz CT molecular complexity index is 1390. The molecule has 4 aromatic carbocycles. The van der Waals surface area contributed by atoms with Crippen molar-refractivity contribution in [1.82, 2.24) is 0 Å². The monoisotopic (exact) mass is 714 g/mol. The molecule has 0 amide bonds. The average molecular weight is 718 g/mol. The number of fused-ring (bicyclic) bond motifs is 3. The van der Waals surface area contributed by atoms with Crippen LogP contribution in [0.25, 0.3) is 11.1 Å². The van der Waals surface area contributed by atoms with E-state index in [2.05, 4.69) is 112 Å². The Labute approximate surface area is 237 Å². The van der Waals surface area contributed by atoms with Crippen LogP contribution in [0.5, 0.6) is 0 Å². The molecule has 0 heterocycles. The minimum absolute atomic E-state index is 0.0205. The summed E-state index contributed by atoms with van der Waals surface area (Å²) in [6.45, 7) is 3.13. The molecule has 0 saturated heterocycles. The van der Waals surface area contributed by atoms with Crippen molar-refractivity contribution in [2.75, 3.05) is 0 Å². The average Bonchev–Trinajstić information content (AvgIpc) is 3.09. The molecule has 1 aliphatic carbocycles. The summed E-state index contributed by atoms with van der Waals surface area (Å²) in [5, 5.41) is 0. The van der Waals surface area contributed by atoms with E-state index in [1.807, 2.05) is 24.3 Å². The zero-order chi connectivity index (χ0) is 25.1. The summed E-state index contributed by atoms with van der Waals surface area (Å²) in [7, 11) is 0. The molecule has 1 aliphatic rings. The molecule has 0 spiro atoms. The van der Waals surface area contributed by atoms with Gasteiger partial charge in [0.25, 0.3) is 0 Å². The maximum atomic E-state index is 12.4. The van der Waals surface area contributed by atoms with Crippen LogP contribution in [0.2, 0.25) is 0 Å². The van der Waals surface area contributed by atoms with E-state index in [1.54, 1.807) is 13.8 Å². The molecule has 0 atom stereocenters. The van der Waals surface area contributed by atoms with Gasteiger partial charge >= 0.3 is 0 Å². The summed E-state index contributed by atoms with van der Waals surface area (Å²) >= 11 is 14.7. The Balaban J connectivity index is 1.97. The minimum atomic E-state index is -0.673. The molecular weight excluding hydrogens is 700 g/mol. The zero-order valence-corrected chi connectivity index (χ0v) is 25.1. The van der Waals surface area contributed by atoms with Gasteiger partial charge in [-0.25, -0.2) is 0 Å². The molecule has 174 valence electrons. The summed E-state index contributed by atoms with van der Waals surface area (Å²) in [5.41, 5.74) is 7.17. The predicted octanol–water partition coefficient (Wildman–Crippen LogP) is 9.50. The second-order valence-corrected chi connectivity index (χ2v) is 12.0. The lowest BCUT2D eigenvalue weighted by molar-refractivity contribution is 0.100. The fourth-order valence-corrected chi connectivity index (χ4v) is 8.77. The van der Waals surface area contributed by atoms with Gasteiger partial charge in [0, 0.05) is 29.0 Å². The molecule has 6 heteroatoms. The van der Waals surface area contributed by atoms with Gasteiger partial charge < -0.3 is 0 Å². The number of carbonyl (C=O) groups is 2. The summed E-state index contributed by atoms with van der Waals surface area (Å²) in [4.78, 5) is 24.7. The van der Waals surface area contributed by atoms with Gasteiger partial charge in [0.1, 0.15) is 0 Å². The number of Topliss-reactive ketones (excluding diaryl/α,β-unsaturated/α-hetero) is 2. The molecule has 0 unspecified atom stereocenters. The number of hydrogen-bond acceptors (Lipinski definition) is 2. The van der Waals surface area contributed by atoms with Gasteiger partial charge in [0.05, 0.1) is 5.41 Å². The Morgan fingerprint density at radius 2 is 0.886 bits per heavy atom. The molecule has 5 rings (SSSR count). The van der Waals surface area contributed by atoms with Crippen molar-refractivity contribution in [2.24, 2.45) is 0 Å². The van der Waals surface area contributed by atoms with Crippen molar-refractivity contribution in [3.8, 4) is 11.1 Å². The van der Waals surface area contributed by atoms with Crippen LogP contribution >= 0.6 is 63.7 Å². The van der Waals surface area contributed by atoms with Crippen LogP contribution in [-0.2, 0) is 5.41 Å². The van der Waals surface area contributed by atoms with E-state index < -0.39 is 5.41 Å². The van der Waals surface area contributed by atoms with Gasteiger partial charge in [-0.3, -0.25) is 9.59 Å². The van der Waals surface area contributed by atoms with Crippen molar-refractivity contribution in [3.63, 3.8) is 0 Å². The van der Waals surface area contributed by atoms with Crippen LogP contribution in [0, 0.1) is 0 Å². The lowest BCUT2D eigenvalue weighted by Crippen LogP contribution is -2.29. The van der Waals surface area contributed by atoms with Gasteiger partial charge in [0.15, 0.2) is 11.6 Å². The molecule has 0 fully saturated rings. The van der Waals surface area contributed by atoms with Crippen LogP contribution in [0.1, 0.15) is 56.8 Å². The van der Waals surface area contributed by atoms with Crippen molar-refractivity contribution >= 4 is 75.3 Å². The molecule has 0 N–H and O–H groups in total. The van der Waals surface area contributed by atoms with Gasteiger partial charge in [-0.2, -0.15) is 0 Å². The van der Waals surface area contributed by atoms with E-state index in [-0.39, 0.29) is 11.6 Å². The van der Waals surface area contributed by atoms with E-state index >= 15 is 0 Å². The third kappa shape index (κ3) is 3.76. The first-order chi connectivity index (χ1) is 16.7. The van der Waals surface area contributed by atoms with Crippen LogP contribution in [0.3, 0.4) is 0 Å². The van der Waals surface area contributed by atoms with Crippen LogP contribution in [0.15, 0.2) is 90.7 Å². The second kappa shape index (κ2) is 9.22. The highest BCUT2D eigenvalue weighted by molar-refractivity contribution is 9.11.